The van der Waals surface area contributed by atoms with Gasteiger partial charge in [-0.05, 0) is 31.5 Å². The van der Waals surface area contributed by atoms with Crippen LogP contribution in [-0.2, 0) is 9.59 Å². The van der Waals surface area contributed by atoms with Crippen LogP contribution in [0.4, 0.5) is 5.82 Å². The molecule has 1 aliphatic rings. The van der Waals surface area contributed by atoms with E-state index in [4.69, 9.17) is 16.0 Å². The summed E-state index contributed by atoms with van der Waals surface area (Å²) in [5, 5.41) is 13.8. The van der Waals surface area contributed by atoms with Gasteiger partial charge in [0.15, 0.2) is 12.0 Å². The molecule has 2 atom stereocenters. The molecule has 1 fully saturated rings. The Hall–Kier alpha value is -3.10. The second-order valence-corrected chi connectivity index (χ2v) is 8.38. The normalized spacial score (nSPS) is 19.1. The Morgan fingerprint density at radius 3 is 2.74 bits per heavy atom. The molecular weight excluding hydrogens is 418 g/mol. The first-order chi connectivity index (χ1) is 14.9. The molecular formula is C22H24ClN5O3. The lowest BCUT2D eigenvalue weighted by atomic mass is 9.95. The Kier molecular flexibility index (Phi) is 5.84. The van der Waals surface area contributed by atoms with Gasteiger partial charge in [0.05, 0.1) is 11.7 Å². The highest BCUT2D eigenvalue weighted by molar-refractivity contribution is 6.20. The van der Waals surface area contributed by atoms with Crippen molar-refractivity contribution in [1.82, 2.24) is 20.4 Å². The first-order valence-electron chi connectivity index (χ1n) is 9.98. The molecule has 31 heavy (non-hydrogen) atoms. The van der Waals surface area contributed by atoms with Crippen molar-refractivity contribution in [3.8, 4) is 11.5 Å². The minimum absolute atomic E-state index is 0.119. The molecule has 1 aliphatic heterocycles. The Labute approximate surface area is 185 Å². The van der Waals surface area contributed by atoms with Gasteiger partial charge in [0, 0.05) is 24.4 Å². The molecule has 1 aromatic carbocycles. The zero-order valence-electron chi connectivity index (χ0n) is 17.3. The largest absolute Gasteiger partial charge is 0.463 e. The van der Waals surface area contributed by atoms with Crippen molar-refractivity contribution in [1.29, 1.82) is 0 Å². The number of carbonyl (C=O) groups is 2. The van der Waals surface area contributed by atoms with Gasteiger partial charge in [-0.15, -0.1) is 11.6 Å². The van der Waals surface area contributed by atoms with Gasteiger partial charge in [-0.1, -0.05) is 30.3 Å². The van der Waals surface area contributed by atoms with Crippen molar-refractivity contribution >= 4 is 29.2 Å². The van der Waals surface area contributed by atoms with Crippen LogP contribution in [0.1, 0.15) is 38.2 Å². The van der Waals surface area contributed by atoms with Crippen LogP contribution in [0.3, 0.4) is 0 Å². The van der Waals surface area contributed by atoms with E-state index in [1.165, 1.54) is 0 Å². The first-order valence-corrected chi connectivity index (χ1v) is 10.5. The Bertz CT molecular complexity index is 1060. The molecule has 0 radical (unpaired) electrons. The molecule has 162 valence electrons. The number of aromatic nitrogens is 2. The fourth-order valence-electron chi connectivity index (χ4n) is 3.29. The molecule has 0 bridgehead atoms. The summed E-state index contributed by atoms with van der Waals surface area (Å²) in [6.45, 7) is 3.52. The van der Waals surface area contributed by atoms with Gasteiger partial charge in [-0.2, -0.15) is 5.10 Å². The first kappa shape index (κ1) is 21.1. The lowest BCUT2D eigenvalue weighted by molar-refractivity contribution is -0.125. The van der Waals surface area contributed by atoms with Gasteiger partial charge in [0.1, 0.15) is 11.5 Å². The summed E-state index contributed by atoms with van der Waals surface area (Å²) in [5.41, 5.74) is 0.744. The zero-order valence-corrected chi connectivity index (χ0v) is 18.0. The summed E-state index contributed by atoms with van der Waals surface area (Å²) in [4.78, 5) is 25.3. The SMILES string of the molecule is CC(C)(CCl)C(=O)Nc1cc(-c2ccco2)nn1C1NC(=O)CC(c2ccccc2)N1. The van der Waals surface area contributed by atoms with E-state index in [2.05, 4.69) is 21.0 Å². The van der Waals surface area contributed by atoms with E-state index in [1.54, 1.807) is 43.0 Å². The van der Waals surface area contributed by atoms with Crippen LogP contribution < -0.4 is 16.0 Å². The van der Waals surface area contributed by atoms with Crippen molar-refractivity contribution in [2.24, 2.45) is 5.41 Å². The summed E-state index contributed by atoms with van der Waals surface area (Å²) in [7, 11) is 0. The van der Waals surface area contributed by atoms with E-state index in [1.807, 2.05) is 30.3 Å². The van der Waals surface area contributed by atoms with Gasteiger partial charge >= 0.3 is 0 Å². The maximum absolute atomic E-state index is 12.8. The molecule has 2 aromatic heterocycles. The maximum atomic E-state index is 12.8. The third kappa shape index (κ3) is 4.50. The number of amides is 2. The summed E-state index contributed by atoms with van der Waals surface area (Å²) < 4.78 is 7.01. The predicted octanol–water partition coefficient (Wildman–Crippen LogP) is 3.65. The van der Waals surface area contributed by atoms with E-state index < -0.39 is 11.7 Å². The quantitative estimate of drug-likeness (QED) is 0.507. The monoisotopic (exact) mass is 441 g/mol. The second-order valence-electron chi connectivity index (χ2n) is 8.11. The van der Waals surface area contributed by atoms with Crippen LogP contribution in [-0.4, -0.2) is 27.5 Å². The number of rotatable bonds is 6. The molecule has 1 saturated heterocycles. The third-order valence-corrected chi connectivity index (χ3v) is 5.86. The number of hydrogen-bond acceptors (Lipinski definition) is 5. The number of nitrogens with zero attached hydrogens (tertiary/aromatic N) is 2. The van der Waals surface area contributed by atoms with E-state index in [0.29, 0.717) is 23.7 Å². The third-order valence-electron chi connectivity index (χ3n) is 5.19. The topological polar surface area (TPSA) is 101 Å². The van der Waals surface area contributed by atoms with Gasteiger partial charge in [0.25, 0.3) is 0 Å². The molecule has 9 heteroatoms. The zero-order chi connectivity index (χ0) is 22.0. The Morgan fingerprint density at radius 1 is 1.29 bits per heavy atom. The molecule has 3 N–H and O–H groups in total. The van der Waals surface area contributed by atoms with Crippen molar-refractivity contribution in [3.05, 3.63) is 60.4 Å². The number of benzene rings is 1. The molecule has 3 aromatic rings. The van der Waals surface area contributed by atoms with E-state index in [-0.39, 0.29) is 23.7 Å². The smallest absolute Gasteiger partial charge is 0.232 e. The average molecular weight is 442 g/mol. The maximum Gasteiger partial charge on any atom is 0.232 e. The summed E-state index contributed by atoms with van der Waals surface area (Å²) in [6.07, 6.45) is 1.19. The standard InChI is InChI=1S/C22H24ClN5O3/c1-22(2,13-23)20(30)25-18-11-16(17-9-6-10-31-17)27-28(18)21-24-15(12-19(29)26-21)14-7-4-3-5-8-14/h3-11,15,21,24H,12-13H2,1-2H3,(H,25,30)(H,26,29). The molecule has 0 spiro atoms. The second kappa shape index (κ2) is 8.56. The molecule has 3 heterocycles. The van der Waals surface area contributed by atoms with E-state index in [9.17, 15) is 9.59 Å². The lowest BCUT2D eigenvalue weighted by Gasteiger charge is -2.33. The predicted molar refractivity (Wildman–Crippen MR) is 117 cm³/mol. The number of anilines is 1. The van der Waals surface area contributed by atoms with E-state index in [0.717, 1.165) is 5.56 Å². The summed E-state index contributed by atoms with van der Waals surface area (Å²) in [6, 6.07) is 14.8. The van der Waals surface area contributed by atoms with Gasteiger partial charge in [-0.3, -0.25) is 14.9 Å². The van der Waals surface area contributed by atoms with Gasteiger partial charge in [0.2, 0.25) is 11.8 Å². The van der Waals surface area contributed by atoms with Crippen molar-refractivity contribution in [3.63, 3.8) is 0 Å². The minimum atomic E-state index is -0.780. The average Bonchev–Trinajstić information content (AvgIpc) is 3.44. The Morgan fingerprint density at radius 2 is 2.06 bits per heavy atom. The molecule has 8 nitrogen and oxygen atoms in total. The highest BCUT2D eigenvalue weighted by Crippen LogP contribution is 2.29. The van der Waals surface area contributed by atoms with Crippen LogP contribution >= 0.6 is 11.6 Å². The Balaban J connectivity index is 1.68. The fourth-order valence-corrected chi connectivity index (χ4v) is 3.42. The molecule has 0 saturated carbocycles. The van der Waals surface area contributed by atoms with Crippen LogP contribution in [0.15, 0.2) is 59.2 Å². The fraction of sp³-hybridized carbons (Fsp3) is 0.318. The van der Waals surface area contributed by atoms with Gasteiger partial charge in [-0.25, -0.2) is 4.68 Å². The highest BCUT2D eigenvalue weighted by atomic mass is 35.5. The number of alkyl halides is 1. The van der Waals surface area contributed by atoms with Crippen molar-refractivity contribution in [2.45, 2.75) is 32.6 Å². The number of furan rings is 1. The summed E-state index contributed by atoms with van der Waals surface area (Å²) >= 11 is 5.97. The molecule has 0 aliphatic carbocycles. The van der Waals surface area contributed by atoms with Crippen LogP contribution in [0.25, 0.3) is 11.5 Å². The number of halogens is 1. The van der Waals surface area contributed by atoms with Gasteiger partial charge < -0.3 is 15.1 Å². The van der Waals surface area contributed by atoms with Crippen LogP contribution in [0, 0.1) is 5.41 Å². The lowest BCUT2D eigenvalue weighted by Crippen LogP contribution is -2.50. The number of nitrogens with one attached hydrogen (secondary N) is 3. The number of hydrogen-bond donors (Lipinski definition) is 3. The number of carbonyl (C=O) groups excluding carboxylic acids is 2. The van der Waals surface area contributed by atoms with E-state index >= 15 is 0 Å². The summed E-state index contributed by atoms with van der Waals surface area (Å²) in [5.74, 6) is 0.753. The molecule has 4 rings (SSSR count). The van der Waals surface area contributed by atoms with Crippen LogP contribution in [0.5, 0.6) is 0 Å². The minimum Gasteiger partial charge on any atom is -0.463 e. The van der Waals surface area contributed by atoms with Crippen molar-refractivity contribution < 1.29 is 14.0 Å². The molecule has 2 amide bonds. The highest BCUT2D eigenvalue weighted by Gasteiger charge is 2.32. The van der Waals surface area contributed by atoms with Crippen molar-refractivity contribution in [2.75, 3.05) is 11.2 Å². The molecule has 2 unspecified atom stereocenters. The van der Waals surface area contributed by atoms with Crippen LogP contribution in [0.2, 0.25) is 0 Å².